The second-order valence-electron chi connectivity index (χ2n) is 5.15. The molecule has 7 nitrogen and oxygen atoms in total. The highest BCUT2D eigenvalue weighted by atomic mass is 16.1. The van der Waals surface area contributed by atoms with Crippen molar-refractivity contribution >= 4 is 5.82 Å². The number of nitrogen functional groups attached to an aromatic ring is 1. The zero-order chi connectivity index (χ0) is 17.1. The third-order valence-corrected chi connectivity index (χ3v) is 3.64. The Balaban J connectivity index is 2.08. The lowest BCUT2D eigenvalue weighted by atomic mass is 9.96. The van der Waals surface area contributed by atoms with Gasteiger partial charge in [0.15, 0.2) is 0 Å². The van der Waals surface area contributed by atoms with E-state index in [0.29, 0.717) is 12.1 Å². The van der Waals surface area contributed by atoms with Crippen LogP contribution in [0.15, 0.2) is 47.8 Å². The molecule has 0 aliphatic carbocycles. The Morgan fingerprint density at radius 1 is 1.17 bits per heavy atom. The van der Waals surface area contributed by atoms with Crippen LogP contribution in [-0.4, -0.2) is 14.5 Å². The molecule has 0 saturated carbocycles. The van der Waals surface area contributed by atoms with E-state index >= 15 is 0 Å². The molecule has 0 unspecified atom stereocenters. The van der Waals surface area contributed by atoms with Crippen LogP contribution < -0.4 is 11.3 Å². The summed E-state index contributed by atoms with van der Waals surface area (Å²) in [7, 11) is 0. The van der Waals surface area contributed by atoms with Crippen LogP contribution in [0, 0.1) is 22.7 Å². The number of anilines is 1. The number of benzene rings is 1. The number of rotatable bonds is 3. The van der Waals surface area contributed by atoms with Crippen LogP contribution in [0.2, 0.25) is 0 Å². The van der Waals surface area contributed by atoms with Crippen molar-refractivity contribution in [1.82, 2.24) is 14.5 Å². The number of imidazole rings is 1. The van der Waals surface area contributed by atoms with E-state index in [1.54, 1.807) is 24.7 Å². The van der Waals surface area contributed by atoms with Crippen molar-refractivity contribution in [3.8, 4) is 23.3 Å². The molecule has 0 aliphatic heterocycles. The van der Waals surface area contributed by atoms with Crippen LogP contribution in [0.5, 0.6) is 0 Å². The first-order valence-corrected chi connectivity index (χ1v) is 7.05. The molecular weight excluding hydrogens is 304 g/mol. The lowest BCUT2D eigenvalue weighted by Gasteiger charge is -2.10. The van der Waals surface area contributed by atoms with Gasteiger partial charge in [0, 0.05) is 24.5 Å². The van der Waals surface area contributed by atoms with Gasteiger partial charge in [-0.1, -0.05) is 24.3 Å². The maximum Gasteiger partial charge on any atom is 0.268 e. The average Bonchev–Trinajstić information content (AvgIpc) is 3.08. The highest BCUT2D eigenvalue weighted by Gasteiger charge is 2.17. The Labute approximate surface area is 137 Å². The highest BCUT2D eigenvalue weighted by molar-refractivity contribution is 5.80. The maximum atomic E-state index is 11.9. The molecule has 2 heterocycles. The fraction of sp³-hybridized carbons (Fsp3) is 0.0588. The molecule has 0 amide bonds. The summed E-state index contributed by atoms with van der Waals surface area (Å²) >= 11 is 0. The standard InChI is InChI=1S/C17H12N6O/c18-7-13-15(14(8-19)17(24)22-16(13)20)12-3-1-11(2-4-12)9-23-6-5-21-10-23/h1-6,10H,9H2,(H3,20,22,24). The molecular formula is C17H12N6O. The van der Waals surface area contributed by atoms with Gasteiger partial charge in [-0.05, 0) is 11.1 Å². The van der Waals surface area contributed by atoms with Gasteiger partial charge in [-0.25, -0.2) is 4.98 Å². The fourth-order valence-electron chi connectivity index (χ4n) is 2.50. The summed E-state index contributed by atoms with van der Waals surface area (Å²) in [6.07, 6.45) is 5.27. The molecule has 3 N–H and O–H groups in total. The SMILES string of the molecule is N#Cc1c(N)[nH]c(=O)c(C#N)c1-c1ccc(Cn2ccnc2)cc1. The molecule has 0 radical (unpaired) electrons. The molecule has 116 valence electrons. The van der Waals surface area contributed by atoms with E-state index in [1.165, 1.54) is 0 Å². The van der Waals surface area contributed by atoms with Gasteiger partial charge in [-0.2, -0.15) is 10.5 Å². The fourth-order valence-corrected chi connectivity index (χ4v) is 2.50. The first-order valence-electron chi connectivity index (χ1n) is 7.05. The van der Waals surface area contributed by atoms with Gasteiger partial charge >= 0.3 is 0 Å². The smallest absolute Gasteiger partial charge is 0.268 e. The summed E-state index contributed by atoms with van der Waals surface area (Å²) < 4.78 is 1.92. The molecule has 0 aliphatic rings. The summed E-state index contributed by atoms with van der Waals surface area (Å²) in [5.74, 6) is -0.0426. The topological polar surface area (TPSA) is 124 Å². The highest BCUT2D eigenvalue weighted by Crippen LogP contribution is 2.28. The molecule has 3 rings (SSSR count). The van der Waals surface area contributed by atoms with E-state index in [4.69, 9.17) is 5.73 Å². The number of hydrogen-bond acceptors (Lipinski definition) is 5. The number of H-pyrrole nitrogens is 1. The predicted octanol–water partition coefficient (Wildman–Crippen LogP) is 1.61. The number of nitrogens with zero attached hydrogens (tertiary/aromatic N) is 4. The van der Waals surface area contributed by atoms with Crippen molar-refractivity contribution in [2.45, 2.75) is 6.54 Å². The van der Waals surface area contributed by atoms with Gasteiger partial charge in [0.25, 0.3) is 5.56 Å². The normalized spacial score (nSPS) is 10.1. The van der Waals surface area contributed by atoms with Crippen molar-refractivity contribution in [2.75, 3.05) is 5.73 Å². The zero-order valence-electron chi connectivity index (χ0n) is 12.5. The predicted molar refractivity (Wildman–Crippen MR) is 87.7 cm³/mol. The maximum absolute atomic E-state index is 11.9. The van der Waals surface area contributed by atoms with Crippen LogP contribution in [0.4, 0.5) is 5.82 Å². The summed E-state index contributed by atoms with van der Waals surface area (Å²) in [6, 6.07) is 11.1. The van der Waals surface area contributed by atoms with E-state index in [-0.39, 0.29) is 22.5 Å². The Kier molecular flexibility index (Phi) is 3.84. The minimum atomic E-state index is -0.605. The summed E-state index contributed by atoms with van der Waals surface area (Å²) in [6.45, 7) is 0.647. The summed E-state index contributed by atoms with van der Waals surface area (Å²) in [5.41, 5.74) is 6.95. The molecule has 24 heavy (non-hydrogen) atoms. The molecule has 0 spiro atoms. The molecule has 0 bridgehead atoms. The summed E-state index contributed by atoms with van der Waals surface area (Å²) in [5, 5.41) is 18.6. The van der Waals surface area contributed by atoms with E-state index in [0.717, 1.165) is 5.56 Å². The first-order chi connectivity index (χ1) is 11.6. The molecule has 0 atom stereocenters. The number of nitriles is 2. The lowest BCUT2D eigenvalue weighted by Crippen LogP contribution is -2.16. The van der Waals surface area contributed by atoms with Crippen LogP contribution in [-0.2, 0) is 6.54 Å². The van der Waals surface area contributed by atoms with Gasteiger partial charge in [-0.15, -0.1) is 0 Å². The zero-order valence-corrected chi connectivity index (χ0v) is 12.5. The lowest BCUT2D eigenvalue weighted by molar-refractivity contribution is 0.797. The number of pyridine rings is 1. The van der Waals surface area contributed by atoms with Crippen molar-refractivity contribution in [1.29, 1.82) is 10.5 Å². The monoisotopic (exact) mass is 316 g/mol. The number of aromatic amines is 1. The van der Waals surface area contributed by atoms with Gasteiger partial charge in [0.2, 0.25) is 0 Å². The first kappa shape index (κ1) is 15.1. The average molecular weight is 316 g/mol. The van der Waals surface area contributed by atoms with E-state index < -0.39 is 5.56 Å². The van der Waals surface area contributed by atoms with Crippen LogP contribution in [0.1, 0.15) is 16.7 Å². The Morgan fingerprint density at radius 3 is 2.46 bits per heavy atom. The quantitative estimate of drug-likeness (QED) is 0.759. The Hall–Kier alpha value is -3.84. The van der Waals surface area contributed by atoms with Crippen LogP contribution >= 0.6 is 0 Å². The second-order valence-corrected chi connectivity index (χ2v) is 5.15. The molecule has 3 aromatic rings. The van der Waals surface area contributed by atoms with E-state index in [9.17, 15) is 15.3 Å². The van der Waals surface area contributed by atoms with Gasteiger partial charge < -0.3 is 15.3 Å². The number of nitrogens with two attached hydrogens (primary N) is 1. The number of nitrogens with one attached hydrogen (secondary N) is 1. The Morgan fingerprint density at radius 2 is 1.88 bits per heavy atom. The van der Waals surface area contributed by atoms with Gasteiger partial charge in [0.05, 0.1) is 6.33 Å². The van der Waals surface area contributed by atoms with Crippen molar-refractivity contribution in [3.63, 3.8) is 0 Å². The van der Waals surface area contributed by atoms with Gasteiger partial charge in [0.1, 0.15) is 29.1 Å². The second kappa shape index (κ2) is 6.11. The van der Waals surface area contributed by atoms with Gasteiger partial charge in [-0.3, -0.25) is 4.79 Å². The molecule has 7 heteroatoms. The van der Waals surface area contributed by atoms with Crippen LogP contribution in [0.3, 0.4) is 0 Å². The summed E-state index contributed by atoms with van der Waals surface area (Å²) in [4.78, 5) is 18.2. The van der Waals surface area contributed by atoms with E-state index in [2.05, 4.69) is 9.97 Å². The number of hydrogen-bond donors (Lipinski definition) is 2. The van der Waals surface area contributed by atoms with E-state index in [1.807, 2.05) is 35.0 Å². The Bertz CT molecular complexity index is 1020. The minimum absolute atomic E-state index is 0.0426. The molecule has 0 saturated heterocycles. The molecule has 2 aromatic heterocycles. The number of aromatic nitrogens is 3. The molecule has 1 aromatic carbocycles. The van der Waals surface area contributed by atoms with Crippen LogP contribution in [0.25, 0.3) is 11.1 Å². The molecule has 0 fully saturated rings. The third kappa shape index (κ3) is 2.62. The third-order valence-electron chi connectivity index (χ3n) is 3.64. The van der Waals surface area contributed by atoms with Crippen molar-refractivity contribution in [2.24, 2.45) is 0 Å². The largest absolute Gasteiger partial charge is 0.384 e. The van der Waals surface area contributed by atoms with Crippen molar-refractivity contribution in [3.05, 3.63) is 70.0 Å². The van der Waals surface area contributed by atoms with Crippen molar-refractivity contribution < 1.29 is 0 Å². The minimum Gasteiger partial charge on any atom is -0.384 e.